The first kappa shape index (κ1) is 10.2. The molecule has 13 heavy (non-hydrogen) atoms. The van der Waals surface area contributed by atoms with Crippen LogP contribution in [0, 0.1) is 0 Å². The van der Waals surface area contributed by atoms with Crippen molar-refractivity contribution in [2.45, 2.75) is 26.4 Å². The van der Waals surface area contributed by atoms with E-state index in [-0.39, 0.29) is 6.61 Å². The van der Waals surface area contributed by atoms with Gasteiger partial charge in [0.05, 0.1) is 12.9 Å². The van der Waals surface area contributed by atoms with E-state index < -0.39 is 0 Å². The predicted molar refractivity (Wildman–Crippen MR) is 51.2 cm³/mol. The second-order valence-electron chi connectivity index (χ2n) is 3.36. The van der Waals surface area contributed by atoms with Gasteiger partial charge in [-0.1, -0.05) is 0 Å². The number of nitrogens with zero attached hydrogens (tertiary/aromatic N) is 2. The maximum absolute atomic E-state index is 8.85. The SMILES string of the molecule is CC(C)N(CCO)Cc1cnc[nH]1. The molecule has 0 bridgehead atoms. The van der Waals surface area contributed by atoms with Gasteiger partial charge in [-0.3, -0.25) is 4.90 Å². The van der Waals surface area contributed by atoms with Crippen molar-refractivity contribution in [3.05, 3.63) is 18.2 Å². The van der Waals surface area contributed by atoms with E-state index in [0.717, 1.165) is 12.2 Å². The molecule has 0 aliphatic carbocycles. The Hall–Kier alpha value is -0.870. The van der Waals surface area contributed by atoms with E-state index in [1.54, 1.807) is 6.33 Å². The summed E-state index contributed by atoms with van der Waals surface area (Å²) in [6, 6.07) is 0.440. The third-order valence-electron chi connectivity index (χ3n) is 2.05. The van der Waals surface area contributed by atoms with Gasteiger partial charge in [0.1, 0.15) is 0 Å². The molecule has 1 aromatic rings. The van der Waals surface area contributed by atoms with Crippen LogP contribution in [0.15, 0.2) is 12.5 Å². The molecule has 0 amide bonds. The lowest BCUT2D eigenvalue weighted by Gasteiger charge is -2.24. The van der Waals surface area contributed by atoms with Crippen molar-refractivity contribution < 1.29 is 5.11 Å². The Morgan fingerprint density at radius 1 is 1.62 bits per heavy atom. The van der Waals surface area contributed by atoms with Crippen molar-refractivity contribution in [1.82, 2.24) is 14.9 Å². The number of aliphatic hydroxyl groups excluding tert-OH is 1. The van der Waals surface area contributed by atoms with Gasteiger partial charge in [-0.25, -0.2) is 4.98 Å². The highest BCUT2D eigenvalue weighted by atomic mass is 16.3. The van der Waals surface area contributed by atoms with Crippen molar-refractivity contribution in [2.24, 2.45) is 0 Å². The standard InChI is InChI=1S/C9H17N3O/c1-8(2)12(3-4-13)6-9-5-10-7-11-9/h5,7-8,13H,3-4,6H2,1-2H3,(H,10,11). The zero-order valence-corrected chi connectivity index (χ0v) is 8.20. The topological polar surface area (TPSA) is 52.1 Å². The first-order valence-corrected chi connectivity index (χ1v) is 4.56. The lowest BCUT2D eigenvalue weighted by molar-refractivity contribution is 0.158. The highest BCUT2D eigenvalue weighted by Gasteiger charge is 2.09. The van der Waals surface area contributed by atoms with Gasteiger partial charge in [-0.2, -0.15) is 0 Å². The molecule has 0 radical (unpaired) electrons. The molecule has 0 unspecified atom stereocenters. The first-order valence-electron chi connectivity index (χ1n) is 4.56. The summed E-state index contributed by atoms with van der Waals surface area (Å²) in [6.07, 6.45) is 3.49. The van der Waals surface area contributed by atoms with Crippen LogP contribution in [0.25, 0.3) is 0 Å². The van der Waals surface area contributed by atoms with Gasteiger partial charge >= 0.3 is 0 Å². The molecule has 74 valence electrons. The van der Waals surface area contributed by atoms with Gasteiger partial charge in [0.2, 0.25) is 0 Å². The molecule has 1 rings (SSSR count). The monoisotopic (exact) mass is 183 g/mol. The lowest BCUT2D eigenvalue weighted by atomic mass is 10.3. The molecule has 0 saturated heterocycles. The Balaban J connectivity index is 2.47. The highest BCUT2D eigenvalue weighted by molar-refractivity contribution is 4.94. The average molecular weight is 183 g/mol. The average Bonchev–Trinajstić information content (AvgIpc) is 2.56. The second-order valence-corrected chi connectivity index (χ2v) is 3.36. The van der Waals surface area contributed by atoms with Crippen LogP contribution in [-0.4, -0.2) is 39.2 Å². The van der Waals surface area contributed by atoms with Gasteiger partial charge in [-0.15, -0.1) is 0 Å². The fourth-order valence-corrected chi connectivity index (χ4v) is 1.24. The van der Waals surface area contributed by atoms with E-state index in [0.29, 0.717) is 12.6 Å². The molecule has 4 nitrogen and oxygen atoms in total. The quantitative estimate of drug-likeness (QED) is 0.703. The Kier molecular flexibility index (Phi) is 3.92. The molecular formula is C9H17N3O. The summed E-state index contributed by atoms with van der Waals surface area (Å²) in [5.41, 5.74) is 1.09. The Bertz CT molecular complexity index is 221. The molecule has 2 N–H and O–H groups in total. The number of imidazole rings is 1. The molecule has 1 heterocycles. The molecule has 0 atom stereocenters. The fraction of sp³-hybridized carbons (Fsp3) is 0.667. The maximum Gasteiger partial charge on any atom is 0.0922 e. The van der Waals surface area contributed by atoms with Crippen LogP contribution in [0.4, 0.5) is 0 Å². The van der Waals surface area contributed by atoms with Crippen LogP contribution in [0.5, 0.6) is 0 Å². The smallest absolute Gasteiger partial charge is 0.0922 e. The van der Waals surface area contributed by atoms with E-state index in [1.165, 1.54) is 0 Å². The molecule has 1 aromatic heterocycles. The molecule has 0 aliphatic rings. The number of aromatic nitrogens is 2. The van der Waals surface area contributed by atoms with Crippen LogP contribution < -0.4 is 0 Å². The summed E-state index contributed by atoms with van der Waals surface area (Å²) in [5.74, 6) is 0. The summed E-state index contributed by atoms with van der Waals surface area (Å²) in [6.45, 7) is 5.96. The fourth-order valence-electron chi connectivity index (χ4n) is 1.24. The second kappa shape index (κ2) is 4.99. The van der Waals surface area contributed by atoms with Gasteiger partial charge in [0, 0.05) is 31.0 Å². The summed E-state index contributed by atoms with van der Waals surface area (Å²) in [7, 11) is 0. The largest absolute Gasteiger partial charge is 0.395 e. The van der Waals surface area contributed by atoms with Crippen molar-refractivity contribution in [1.29, 1.82) is 0 Å². The first-order chi connectivity index (χ1) is 6.24. The molecule has 0 aliphatic heterocycles. The van der Waals surface area contributed by atoms with Crippen LogP contribution in [0.3, 0.4) is 0 Å². The molecule has 0 aromatic carbocycles. The van der Waals surface area contributed by atoms with E-state index in [2.05, 4.69) is 28.7 Å². The number of nitrogens with one attached hydrogen (secondary N) is 1. The number of hydrogen-bond acceptors (Lipinski definition) is 3. The van der Waals surface area contributed by atoms with Gasteiger partial charge < -0.3 is 10.1 Å². The summed E-state index contributed by atoms with van der Waals surface area (Å²) in [4.78, 5) is 9.18. The Morgan fingerprint density at radius 2 is 2.38 bits per heavy atom. The minimum atomic E-state index is 0.201. The molecular weight excluding hydrogens is 166 g/mol. The van der Waals surface area contributed by atoms with Gasteiger partial charge in [0.25, 0.3) is 0 Å². The maximum atomic E-state index is 8.85. The molecule has 0 saturated carbocycles. The van der Waals surface area contributed by atoms with Crippen LogP contribution in [0.1, 0.15) is 19.5 Å². The Morgan fingerprint density at radius 3 is 2.85 bits per heavy atom. The number of hydrogen-bond donors (Lipinski definition) is 2. The summed E-state index contributed by atoms with van der Waals surface area (Å²) < 4.78 is 0. The van der Waals surface area contributed by atoms with E-state index in [4.69, 9.17) is 5.11 Å². The number of aliphatic hydroxyl groups is 1. The van der Waals surface area contributed by atoms with E-state index >= 15 is 0 Å². The lowest BCUT2D eigenvalue weighted by Crippen LogP contribution is -2.32. The number of rotatable bonds is 5. The van der Waals surface area contributed by atoms with Crippen LogP contribution in [-0.2, 0) is 6.54 Å². The number of aromatic amines is 1. The summed E-state index contributed by atoms with van der Waals surface area (Å²) >= 11 is 0. The molecule has 0 spiro atoms. The zero-order chi connectivity index (χ0) is 9.68. The van der Waals surface area contributed by atoms with Gasteiger partial charge in [0.15, 0.2) is 0 Å². The van der Waals surface area contributed by atoms with Gasteiger partial charge in [-0.05, 0) is 13.8 Å². The third-order valence-corrected chi connectivity index (χ3v) is 2.05. The number of H-pyrrole nitrogens is 1. The molecule has 4 heteroatoms. The predicted octanol–water partition coefficient (Wildman–Crippen LogP) is 0.612. The van der Waals surface area contributed by atoms with Crippen molar-refractivity contribution >= 4 is 0 Å². The zero-order valence-electron chi connectivity index (χ0n) is 8.20. The van der Waals surface area contributed by atoms with E-state index in [1.807, 2.05) is 6.20 Å². The Labute approximate surface area is 78.6 Å². The third kappa shape index (κ3) is 3.16. The van der Waals surface area contributed by atoms with Crippen molar-refractivity contribution in [2.75, 3.05) is 13.2 Å². The summed E-state index contributed by atoms with van der Waals surface area (Å²) in [5, 5.41) is 8.85. The normalized spacial score (nSPS) is 11.5. The van der Waals surface area contributed by atoms with Crippen molar-refractivity contribution in [3.8, 4) is 0 Å². The van der Waals surface area contributed by atoms with Crippen LogP contribution in [0.2, 0.25) is 0 Å². The van der Waals surface area contributed by atoms with E-state index in [9.17, 15) is 0 Å². The highest BCUT2D eigenvalue weighted by Crippen LogP contribution is 2.03. The molecule has 0 fully saturated rings. The minimum absolute atomic E-state index is 0.201. The van der Waals surface area contributed by atoms with Crippen LogP contribution >= 0.6 is 0 Å². The van der Waals surface area contributed by atoms with Crippen molar-refractivity contribution in [3.63, 3.8) is 0 Å². The minimum Gasteiger partial charge on any atom is -0.395 e.